The molecule has 0 fully saturated rings. The third kappa shape index (κ3) is 5.67. The largest absolute Gasteiger partial charge is 0.462 e. The SMILES string of the molecule is CCOC(=O)c1c(NC(=O)COC(=O)Cc2ccc(Br)cc2)sc2c1CCCC2. The number of benzene rings is 1. The minimum Gasteiger partial charge on any atom is -0.462 e. The van der Waals surface area contributed by atoms with Gasteiger partial charge in [0.25, 0.3) is 5.91 Å². The van der Waals surface area contributed by atoms with Crippen LogP contribution in [0.1, 0.15) is 46.1 Å². The first-order valence-electron chi connectivity index (χ1n) is 9.49. The molecule has 6 nitrogen and oxygen atoms in total. The van der Waals surface area contributed by atoms with Crippen molar-refractivity contribution < 1.29 is 23.9 Å². The van der Waals surface area contributed by atoms with Gasteiger partial charge in [0.15, 0.2) is 6.61 Å². The van der Waals surface area contributed by atoms with Gasteiger partial charge >= 0.3 is 11.9 Å². The first-order chi connectivity index (χ1) is 14.0. The van der Waals surface area contributed by atoms with E-state index in [0.29, 0.717) is 10.6 Å². The molecule has 2 aromatic rings. The number of hydrogen-bond acceptors (Lipinski definition) is 6. The van der Waals surface area contributed by atoms with Crippen molar-refractivity contribution in [1.29, 1.82) is 0 Å². The molecule has 0 radical (unpaired) electrons. The molecule has 1 amide bonds. The van der Waals surface area contributed by atoms with Crippen molar-refractivity contribution >= 4 is 50.1 Å². The van der Waals surface area contributed by atoms with E-state index in [1.165, 1.54) is 11.3 Å². The van der Waals surface area contributed by atoms with Gasteiger partial charge < -0.3 is 14.8 Å². The third-order valence-corrected chi connectivity index (χ3v) is 6.27. The number of anilines is 1. The van der Waals surface area contributed by atoms with Gasteiger partial charge in [-0.1, -0.05) is 28.1 Å². The Labute approximate surface area is 181 Å². The van der Waals surface area contributed by atoms with E-state index in [0.717, 1.165) is 46.2 Å². The fraction of sp³-hybridized carbons (Fsp3) is 0.381. The normalized spacial score (nSPS) is 12.8. The first-order valence-corrected chi connectivity index (χ1v) is 11.1. The number of nitrogens with one attached hydrogen (secondary N) is 1. The van der Waals surface area contributed by atoms with Crippen LogP contribution in [0.4, 0.5) is 5.00 Å². The summed E-state index contributed by atoms with van der Waals surface area (Å²) in [5, 5.41) is 3.21. The van der Waals surface area contributed by atoms with E-state index in [1.54, 1.807) is 6.92 Å². The molecule has 0 aliphatic heterocycles. The highest BCUT2D eigenvalue weighted by molar-refractivity contribution is 9.10. The monoisotopic (exact) mass is 479 g/mol. The smallest absolute Gasteiger partial charge is 0.341 e. The lowest BCUT2D eigenvalue weighted by molar-refractivity contribution is -0.146. The zero-order valence-electron chi connectivity index (χ0n) is 16.1. The maximum atomic E-state index is 12.4. The second kappa shape index (κ2) is 10.0. The number of carbonyl (C=O) groups is 3. The quantitative estimate of drug-likeness (QED) is 0.598. The molecular weight excluding hydrogens is 458 g/mol. The Hall–Kier alpha value is -2.19. The average molecular weight is 480 g/mol. The average Bonchev–Trinajstić information content (AvgIpc) is 3.06. The van der Waals surface area contributed by atoms with E-state index in [-0.39, 0.29) is 13.0 Å². The lowest BCUT2D eigenvalue weighted by atomic mass is 9.95. The molecule has 8 heteroatoms. The summed E-state index contributed by atoms with van der Waals surface area (Å²) < 4.78 is 11.2. The van der Waals surface area contributed by atoms with E-state index < -0.39 is 24.5 Å². The van der Waals surface area contributed by atoms with E-state index in [1.807, 2.05) is 24.3 Å². The molecule has 0 unspecified atom stereocenters. The van der Waals surface area contributed by atoms with Crippen molar-refractivity contribution in [2.75, 3.05) is 18.5 Å². The minimum atomic E-state index is -0.487. The number of thiophene rings is 1. The Morgan fingerprint density at radius 2 is 1.83 bits per heavy atom. The minimum absolute atomic E-state index is 0.0853. The molecule has 154 valence electrons. The molecule has 0 saturated heterocycles. The van der Waals surface area contributed by atoms with Crippen LogP contribution in [0.25, 0.3) is 0 Å². The summed E-state index contributed by atoms with van der Waals surface area (Å²) in [7, 11) is 0. The van der Waals surface area contributed by atoms with Gasteiger partial charge in [-0.3, -0.25) is 9.59 Å². The third-order valence-electron chi connectivity index (χ3n) is 4.53. The molecule has 1 aliphatic rings. The van der Waals surface area contributed by atoms with E-state index in [4.69, 9.17) is 9.47 Å². The molecule has 3 rings (SSSR count). The van der Waals surface area contributed by atoms with Crippen LogP contribution in [0, 0.1) is 0 Å². The maximum absolute atomic E-state index is 12.4. The lowest BCUT2D eigenvalue weighted by Gasteiger charge is -2.12. The van der Waals surface area contributed by atoms with Crippen LogP contribution >= 0.6 is 27.3 Å². The fourth-order valence-electron chi connectivity index (χ4n) is 3.20. The molecule has 1 aromatic carbocycles. The van der Waals surface area contributed by atoms with Gasteiger partial charge in [0, 0.05) is 9.35 Å². The van der Waals surface area contributed by atoms with Crippen molar-refractivity contribution in [2.24, 2.45) is 0 Å². The number of rotatable bonds is 7. The fourth-order valence-corrected chi connectivity index (χ4v) is 4.76. The zero-order valence-corrected chi connectivity index (χ0v) is 18.5. The summed E-state index contributed by atoms with van der Waals surface area (Å²) in [6, 6.07) is 7.30. The maximum Gasteiger partial charge on any atom is 0.341 e. The van der Waals surface area contributed by atoms with Gasteiger partial charge in [-0.25, -0.2) is 4.79 Å². The summed E-state index contributed by atoms with van der Waals surface area (Å²) in [5.74, 6) is -1.38. The molecule has 1 N–H and O–H groups in total. The number of amides is 1. The Morgan fingerprint density at radius 3 is 2.55 bits per heavy atom. The number of esters is 2. The van der Waals surface area contributed by atoms with Crippen molar-refractivity contribution in [3.63, 3.8) is 0 Å². The van der Waals surface area contributed by atoms with Crippen LogP contribution in [0.15, 0.2) is 28.7 Å². The number of fused-ring (bicyclic) bond motifs is 1. The van der Waals surface area contributed by atoms with Crippen LogP contribution < -0.4 is 5.32 Å². The highest BCUT2D eigenvalue weighted by atomic mass is 79.9. The van der Waals surface area contributed by atoms with Crippen LogP contribution in [-0.4, -0.2) is 31.1 Å². The molecule has 0 bridgehead atoms. The Kier molecular flexibility index (Phi) is 7.44. The molecule has 0 saturated carbocycles. The second-order valence-corrected chi connectivity index (χ2v) is 8.67. The Morgan fingerprint density at radius 1 is 1.10 bits per heavy atom. The molecule has 1 aliphatic carbocycles. The second-order valence-electron chi connectivity index (χ2n) is 6.65. The number of halogens is 1. The Balaban J connectivity index is 1.61. The molecule has 1 heterocycles. The van der Waals surface area contributed by atoms with Crippen molar-refractivity contribution in [3.05, 3.63) is 50.3 Å². The number of hydrogen-bond donors (Lipinski definition) is 1. The first kappa shape index (κ1) is 21.5. The summed E-state index contributed by atoms with van der Waals surface area (Å²) >= 11 is 4.74. The molecular formula is C21H22BrNO5S. The molecule has 0 spiro atoms. The van der Waals surface area contributed by atoms with Crippen molar-refractivity contribution in [2.45, 2.75) is 39.0 Å². The lowest BCUT2D eigenvalue weighted by Crippen LogP contribution is -2.22. The standard InChI is InChI=1S/C21H22BrNO5S/c1-2-27-21(26)19-15-5-3-4-6-16(15)29-20(19)23-17(24)12-28-18(25)11-13-7-9-14(22)10-8-13/h7-10H,2-6,11-12H2,1H3,(H,23,24). The summed E-state index contributed by atoms with van der Waals surface area (Å²) in [6.45, 7) is 1.62. The predicted molar refractivity (Wildman–Crippen MR) is 114 cm³/mol. The topological polar surface area (TPSA) is 81.7 Å². The van der Waals surface area contributed by atoms with Crippen molar-refractivity contribution in [1.82, 2.24) is 0 Å². The molecule has 29 heavy (non-hydrogen) atoms. The van der Waals surface area contributed by atoms with Crippen LogP contribution in [-0.2, 0) is 38.3 Å². The van der Waals surface area contributed by atoms with E-state index >= 15 is 0 Å². The van der Waals surface area contributed by atoms with Crippen molar-refractivity contribution in [3.8, 4) is 0 Å². The predicted octanol–water partition coefficient (Wildman–Crippen LogP) is 4.29. The van der Waals surface area contributed by atoms with Gasteiger partial charge in [-0.2, -0.15) is 0 Å². The van der Waals surface area contributed by atoms with E-state index in [9.17, 15) is 14.4 Å². The summed E-state index contributed by atoms with van der Waals surface area (Å²) in [6.07, 6.45) is 3.86. The highest BCUT2D eigenvalue weighted by Gasteiger charge is 2.27. The van der Waals surface area contributed by atoms with Crippen LogP contribution in [0.2, 0.25) is 0 Å². The van der Waals surface area contributed by atoms with Crippen LogP contribution in [0.3, 0.4) is 0 Å². The highest BCUT2D eigenvalue weighted by Crippen LogP contribution is 2.38. The number of carbonyl (C=O) groups excluding carboxylic acids is 3. The Bertz CT molecular complexity index is 907. The molecule has 0 atom stereocenters. The van der Waals surface area contributed by atoms with Gasteiger partial charge in [0.05, 0.1) is 18.6 Å². The van der Waals surface area contributed by atoms with Gasteiger partial charge in [0.2, 0.25) is 0 Å². The summed E-state index contributed by atoms with van der Waals surface area (Å²) in [5.41, 5.74) is 2.22. The van der Waals surface area contributed by atoms with Gasteiger partial charge in [-0.05, 0) is 55.9 Å². The van der Waals surface area contributed by atoms with Gasteiger partial charge in [0.1, 0.15) is 5.00 Å². The van der Waals surface area contributed by atoms with E-state index in [2.05, 4.69) is 21.2 Å². The zero-order chi connectivity index (χ0) is 20.8. The number of ether oxygens (including phenoxy) is 2. The number of aryl methyl sites for hydroxylation is 1. The van der Waals surface area contributed by atoms with Crippen LogP contribution in [0.5, 0.6) is 0 Å². The summed E-state index contributed by atoms with van der Waals surface area (Å²) in [4.78, 5) is 37.8. The molecule has 1 aromatic heterocycles. The van der Waals surface area contributed by atoms with Gasteiger partial charge in [-0.15, -0.1) is 11.3 Å².